The molecule has 16 heavy (non-hydrogen) atoms. The predicted molar refractivity (Wildman–Crippen MR) is 53.2 cm³/mol. The number of halogens is 1. The first kappa shape index (κ1) is 11.9. The second kappa shape index (κ2) is 4.56. The topological polar surface area (TPSA) is 95.5 Å². The van der Waals surface area contributed by atoms with Gasteiger partial charge >= 0.3 is 5.97 Å². The third-order valence-electron chi connectivity index (χ3n) is 2.00. The number of carbonyl (C=O) groups is 1. The zero-order valence-corrected chi connectivity index (χ0v) is 8.40. The Balaban J connectivity index is 3.12. The summed E-state index contributed by atoms with van der Waals surface area (Å²) in [6.45, 7) is 0. The molecular weight excluding hydrogens is 219 g/mol. The summed E-state index contributed by atoms with van der Waals surface area (Å²) in [5, 5.41) is 10.4. The normalized spacial score (nSPS) is 9.88. The van der Waals surface area contributed by atoms with Crippen molar-refractivity contribution < 1.29 is 18.8 Å². The Morgan fingerprint density at radius 1 is 1.62 bits per heavy atom. The van der Waals surface area contributed by atoms with Crippen LogP contribution in [-0.4, -0.2) is 18.0 Å². The lowest BCUT2D eigenvalue weighted by Gasteiger charge is -2.04. The van der Waals surface area contributed by atoms with Gasteiger partial charge in [0.2, 0.25) is 0 Å². The third-order valence-corrected chi connectivity index (χ3v) is 2.00. The van der Waals surface area contributed by atoms with E-state index >= 15 is 0 Å². The van der Waals surface area contributed by atoms with Gasteiger partial charge in [-0.2, -0.15) is 0 Å². The van der Waals surface area contributed by atoms with Crippen LogP contribution in [0.2, 0.25) is 0 Å². The lowest BCUT2D eigenvalue weighted by atomic mass is 10.1. The molecule has 0 fully saturated rings. The summed E-state index contributed by atoms with van der Waals surface area (Å²) in [5.41, 5.74) is 4.10. The summed E-state index contributed by atoms with van der Waals surface area (Å²) >= 11 is 0. The Hall–Kier alpha value is -2.18. The average Bonchev–Trinajstić information content (AvgIpc) is 2.24. The molecule has 0 aliphatic carbocycles. The van der Waals surface area contributed by atoms with Crippen LogP contribution < -0.4 is 5.73 Å². The molecule has 86 valence electrons. The average molecular weight is 228 g/mol. The highest BCUT2D eigenvalue weighted by atomic mass is 19.1. The van der Waals surface area contributed by atoms with E-state index in [2.05, 4.69) is 4.74 Å². The molecule has 0 bridgehead atoms. The lowest BCUT2D eigenvalue weighted by Crippen LogP contribution is -2.08. The maximum absolute atomic E-state index is 13.5. The molecule has 0 spiro atoms. The first-order chi connectivity index (χ1) is 7.47. The van der Waals surface area contributed by atoms with Crippen LogP contribution in [0, 0.1) is 15.9 Å². The molecule has 0 radical (unpaired) electrons. The van der Waals surface area contributed by atoms with Gasteiger partial charge in [0.05, 0.1) is 18.5 Å². The number of nitro groups is 1. The van der Waals surface area contributed by atoms with Gasteiger partial charge in [-0.3, -0.25) is 14.9 Å². The molecule has 0 heterocycles. The number of hydrogen-bond donors (Lipinski definition) is 1. The minimum atomic E-state index is -0.959. The molecule has 7 heteroatoms. The summed E-state index contributed by atoms with van der Waals surface area (Å²) < 4.78 is 17.8. The number of nitrogens with two attached hydrogens (primary N) is 1. The molecule has 1 aromatic rings. The second-order valence-corrected chi connectivity index (χ2v) is 2.98. The number of anilines is 1. The smallest absolute Gasteiger partial charge is 0.310 e. The SMILES string of the molecule is COC(=O)Cc1ccc([N+](=O)[O-])c(N)c1F. The van der Waals surface area contributed by atoms with Crippen LogP contribution in [0.1, 0.15) is 5.56 Å². The van der Waals surface area contributed by atoms with E-state index in [9.17, 15) is 19.3 Å². The molecule has 6 nitrogen and oxygen atoms in total. The van der Waals surface area contributed by atoms with Gasteiger partial charge in [-0.05, 0) is 6.07 Å². The maximum atomic E-state index is 13.5. The summed E-state index contributed by atoms with van der Waals surface area (Å²) in [5.74, 6) is -1.60. The number of esters is 1. The number of nitrogen functional groups attached to an aromatic ring is 1. The molecule has 0 amide bonds. The summed E-state index contributed by atoms with van der Waals surface area (Å²) in [4.78, 5) is 20.5. The maximum Gasteiger partial charge on any atom is 0.310 e. The van der Waals surface area contributed by atoms with Crippen LogP contribution >= 0.6 is 0 Å². The van der Waals surface area contributed by atoms with Gasteiger partial charge in [0.1, 0.15) is 5.69 Å². The van der Waals surface area contributed by atoms with E-state index < -0.39 is 28.1 Å². The Morgan fingerprint density at radius 3 is 2.75 bits per heavy atom. The predicted octanol–water partition coefficient (Wildman–Crippen LogP) is 1.03. The van der Waals surface area contributed by atoms with Gasteiger partial charge < -0.3 is 10.5 Å². The van der Waals surface area contributed by atoms with Crippen molar-refractivity contribution in [2.24, 2.45) is 0 Å². The Morgan fingerprint density at radius 2 is 2.25 bits per heavy atom. The molecule has 0 aliphatic heterocycles. The Bertz CT molecular complexity index is 447. The standard InChI is InChI=1S/C9H9FN2O4/c1-16-7(13)4-5-2-3-6(12(14)15)9(11)8(5)10/h2-3H,4,11H2,1H3. The number of methoxy groups -OCH3 is 1. The Kier molecular flexibility index (Phi) is 3.39. The highest BCUT2D eigenvalue weighted by Gasteiger charge is 2.19. The quantitative estimate of drug-likeness (QED) is 0.361. The van der Waals surface area contributed by atoms with Crippen molar-refractivity contribution in [2.75, 3.05) is 12.8 Å². The number of rotatable bonds is 3. The molecule has 0 aliphatic rings. The fourth-order valence-corrected chi connectivity index (χ4v) is 1.15. The van der Waals surface area contributed by atoms with Crippen molar-refractivity contribution in [3.63, 3.8) is 0 Å². The Labute approximate surface area is 90.0 Å². The minimum absolute atomic E-state index is 0.0325. The van der Waals surface area contributed by atoms with Crippen molar-refractivity contribution in [3.05, 3.63) is 33.6 Å². The molecule has 1 rings (SSSR count). The van der Waals surface area contributed by atoms with Gasteiger partial charge in [0.15, 0.2) is 5.82 Å². The number of hydrogen-bond acceptors (Lipinski definition) is 5. The van der Waals surface area contributed by atoms with E-state index in [0.29, 0.717) is 0 Å². The van der Waals surface area contributed by atoms with E-state index in [4.69, 9.17) is 5.73 Å². The van der Waals surface area contributed by atoms with Crippen LogP contribution in [-0.2, 0) is 16.0 Å². The highest BCUT2D eigenvalue weighted by molar-refractivity contribution is 5.74. The number of nitrogens with zero attached hydrogens (tertiary/aromatic N) is 1. The fraction of sp³-hybridized carbons (Fsp3) is 0.222. The first-order valence-corrected chi connectivity index (χ1v) is 4.25. The summed E-state index contributed by atoms with van der Waals surface area (Å²) in [6.07, 6.45) is -0.315. The van der Waals surface area contributed by atoms with Gasteiger partial charge in [0, 0.05) is 11.6 Å². The molecule has 0 aromatic heterocycles. The van der Waals surface area contributed by atoms with Crippen LogP contribution in [0.25, 0.3) is 0 Å². The van der Waals surface area contributed by atoms with Crippen molar-refractivity contribution >= 4 is 17.3 Å². The van der Waals surface area contributed by atoms with E-state index in [0.717, 1.165) is 19.2 Å². The van der Waals surface area contributed by atoms with Crippen molar-refractivity contribution in [1.29, 1.82) is 0 Å². The van der Waals surface area contributed by atoms with E-state index in [1.54, 1.807) is 0 Å². The molecule has 1 aromatic carbocycles. The monoisotopic (exact) mass is 228 g/mol. The van der Waals surface area contributed by atoms with Crippen LogP contribution in [0.15, 0.2) is 12.1 Å². The molecule has 0 atom stereocenters. The number of nitro benzene ring substituents is 1. The fourth-order valence-electron chi connectivity index (χ4n) is 1.15. The van der Waals surface area contributed by atoms with Crippen LogP contribution in [0.5, 0.6) is 0 Å². The van der Waals surface area contributed by atoms with Gasteiger partial charge in [-0.1, -0.05) is 0 Å². The van der Waals surface area contributed by atoms with E-state index in [-0.39, 0.29) is 12.0 Å². The second-order valence-electron chi connectivity index (χ2n) is 2.98. The molecule has 0 saturated carbocycles. The summed E-state index contributed by atoms with van der Waals surface area (Å²) in [6, 6.07) is 2.19. The first-order valence-electron chi connectivity index (χ1n) is 4.25. The zero-order valence-electron chi connectivity index (χ0n) is 8.40. The zero-order chi connectivity index (χ0) is 12.3. The molecule has 2 N–H and O–H groups in total. The number of benzene rings is 1. The van der Waals surface area contributed by atoms with Gasteiger partial charge in [-0.15, -0.1) is 0 Å². The number of carbonyl (C=O) groups excluding carboxylic acids is 1. The van der Waals surface area contributed by atoms with Gasteiger partial charge in [-0.25, -0.2) is 4.39 Å². The molecule has 0 unspecified atom stereocenters. The van der Waals surface area contributed by atoms with Crippen molar-refractivity contribution in [1.82, 2.24) is 0 Å². The van der Waals surface area contributed by atoms with E-state index in [1.807, 2.05) is 0 Å². The molecular formula is C9H9FN2O4. The van der Waals surface area contributed by atoms with Crippen molar-refractivity contribution in [3.8, 4) is 0 Å². The largest absolute Gasteiger partial charge is 0.469 e. The number of ether oxygens (including phenoxy) is 1. The molecule has 0 saturated heterocycles. The summed E-state index contributed by atoms with van der Waals surface area (Å²) in [7, 11) is 1.16. The van der Waals surface area contributed by atoms with E-state index in [1.165, 1.54) is 0 Å². The third kappa shape index (κ3) is 2.25. The van der Waals surface area contributed by atoms with Gasteiger partial charge in [0.25, 0.3) is 5.69 Å². The highest BCUT2D eigenvalue weighted by Crippen LogP contribution is 2.26. The van der Waals surface area contributed by atoms with Crippen molar-refractivity contribution in [2.45, 2.75) is 6.42 Å². The van der Waals surface area contributed by atoms with Crippen LogP contribution in [0.4, 0.5) is 15.8 Å². The van der Waals surface area contributed by atoms with Crippen LogP contribution in [0.3, 0.4) is 0 Å². The lowest BCUT2D eigenvalue weighted by molar-refractivity contribution is -0.384. The minimum Gasteiger partial charge on any atom is -0.469 e.